The Morgan fingerprint density at radius 3 is 3.14 bits per heavy atom. The monoisotopic (exact) mass is 326 g/mol. The van der Waals surface area contributed by atoms with E-state index in [-0.39, 0.29) is 23.7 Å². The summed E-state index contributed by atoms with van der Waals surface area (Å²) in [4.78, 5) is 12.8. The van der Waals surface area contributed by atoms with Crippen molar-refractivity contribution in [2.24, 2.45) is 17.3 Å². The van der Waals surface area contributed by atoms with Gasteiger partial charge in [0.05, 0.1) is 17.3 Å². The summed E-state index contributed by atoms with van der Waals surface area (Å²) in [5.74, 6) is 1.23. The van der Waals surface area contributed by atoms with Crippen LogP contribution in [0.5, 0.6) is 0 Å². The topological polar surface area (TPSA) is 59.0 Å². The molecule has 1 saturated heterocycles. The van der Waals surface area contributed by atoms with Gasteiger partial charge in [0.2, 0.25) is 5.91 Å². The highest BCUT2D eigenvalue weighted by molar-refractivity contribution is 5.96. The Morgan fingerprint density at radius 2 is 2.36 bits per heavy atom. The molecular weight excluding hydrogens is 300 g/mol. The molecule has 2 N–H and O–H groups in total. The van der Waals surface area contributed by atoms with Crippen LogP contribution in [0, 0.1) is 17.3 Å². The zero-order valence-corrected chi connectivity index (χ0v) is 14.3. The third-order valence-electron chi connectivity index (χ3n) is 4.93. The van der Waals surface area contributed by atoms with Crippen molar-refractivity contribution in [3.8, 4) is 0 Å². The van der Waals surface area contributed by atoms with Gasteiger partial charge in [-0.3, -0.25) is 9.48 Å². The van der Waals surface area contributed by atoms with Crippen LogP contribution in [0.15, 0.2) is 12.4 Å². The summed E-state index contributed by atoms with van der Waals surface area (Å²) in [6.45, 7) is 7.01. The number of nitrogens with one attached hydrogen (secondary N) is 2. The predicted molar refractivity (Wildman–Crippen MR) is 90.2 cm³/mol. The number of carbonyl (C=O) groups is 1. The molecule has 0 aromatic carbocycles. The number of hydrogen-bond acceptors (Lipinski definition) is 3. The van der Waals surface area contributed by atoms with E-state index in [0.29, 0.717) is 11.8 Å². The van der Waals surface area contributed by atoms with Crippen molar-refractivity contribution < 1.29 is 4.79 Å². The van der Waals surface area contributed by atoms with Crippen LogP contribution in [0.1, 0.15) is 39.5 Å². The number of hydrogen-bond donors (Lipinski definition) is 2. The summed E-state index contributed by atoms with van der Waals surface area (Å²) < 4.78 is 1.91. The molecule has 22 heavy (non-hydrogen) atoms. The third-order valence-corrected chi connectivity index (χ3v) is 4.93. The lowest BCUT2D eigenvalue weighted by Crippen LogP contribution is -2.44. The average molecular weight is 327 g/mol. The number of rotatable bonds is 4. The molecule has 0 unspecified atom stereocenters. The molecule has 1 aliphatic carbocycles. The maximum Gasteiger partial charge on any atom is 0.232 e. The fraction of sp³-hybridized carbons (Fsp3) is 0.750. The number of nitrogens with zero attached hydrogens (tertiary/aromatic N) is 2. The minimum Gasteiger partial charge on any atom is -0.323 e. The maximum atomic E-state index is 12.8. The molecule has 2 heterocycles. The van der Waals surface area contributed by atoms with Gasteiger partial charge < -0.3 is 10.6 Å². The largest absolute Gasteiger partial charge is 0.323 e. The molecule has 1 aromatic heterocycles. The third kappa shape index (κ3) is 3.30. The van der Waals surface area contributed by atoms with Crippen LogP contribution < -0.4 is 10.6 Å². The summed E-state index contributed by atoms with van der Waals surface area (Å²) >= 11 is 0. The fourth-order valence-electron chi connectivity index (χ4n) is 3.85. The van der Waals surface area contributed by atoms with Crippen molar-refractivity contribution in [3.05, 3.63) is 12.4 Å². The van der Waals surface area contributed by atoms with E-state index < -0.39 is 0 Å². The second-order valence-electron chi connectivity index (χ2n) is 7.03. The first-order chi connectivity index (χ1) is 10.1. The number of carbonyl (C=O) groups excluding carboxylic acids is 1. The van der Waals surface area contributed by atoms with E-state index in [4.69, 9.17) is 0 Å². The number of amides is 1. The fourth-order valence-corrected chi connectivity index (χ4v) is 3.85. The van der Waals surface area contributed by atoms with Gasteiger partial charge in [0.25, 0.3) is 0 Å². The predicted octanol–water partition coefficient (Wildman–Crippen LogP) is 2.68. The normalized spacial score (nSPS) is 27.3. The minimum atomic E-state index is -0.196. The highest BCUT2D eigenvalue weighted by atomic mass is 35.5. The second-order valence-corrected chi connectivity index (χ2v) is 7.03. The Hall–Kier alpha value is -1.07. The molecule has 3 rings (SSSR count). The standard InChI is InChI=1S/C16H26N4O.ClH/c1-12(2)9-20-10-14(8-18-20)19-15(21)16-6-4-3-5-13(16)7-17-11-16;/h8,10,12-13,17H,3-7,9,11H2,1-2H3,(H,19,21);1H/t13-,16+;/m0./s1. The molecule has 0 bridgehead atoms. The van der Waals surface area contributed by atoms with Gasteiger partial charge in [-0.05, 0) is 31.2 Å². The quantitative estimate of drug-likeness (QED) is 0.894. The molecule has 1 aliphatic heterocycles. The van der Waals surface area contributed by atoms with Crippen LogP contribution in [-0.4, -0.2) is 28.8 Å². The Bertz CT molecular complexity index is 516. The van der Waals surface area contributed by atoms with Crippen LogP contribution in [0.2, 0.25) is 0 Å². The van der Waals surface area contributed by atoms with Crippen LogP contribution in [0.3, 0.4) is 0 Å². The highest BCUT2D eigenvalue weighted by Gasteiger charge is 2.49. The average Bonchev–Trinajstić information content (AvgIpc) is 3.05. The summed E-state index contributed by atoms with van der Waals surface area (Å²) in [5.41, 5.74) is 0.629. The molecule has 6 heteroatoms. The van der Waals surface area contributed by atoms with Crippen molar-refractivity contribution >= 4 is 24.0 Å². The van der Waals surface area contributed by atoms with Crippen molar-refractivity contribution in [2.75, 3.05) is 18.4 Å². The molecular formula is C16H27ClN4O. The molecule has 2 aliphatic rings. The molecule has 1 amide bonds. The van der Waals surface area contributed by atoms with Crippen molar-refractivity contribution in [3.63, 3.8) is 0 Å². The van der Waals surface area contributed by atoms with Gasteiger partial charge in [-0.1, -0.05) is 26.7 Å². The van der Waals surface area contributed by atoms with Crippen LogP contribution >= 0.6 is 12.4 Å². The van der Waals surface area contributed by atoms with E-state index in [1.54, 1.807) is 6.20 Å². The van der Waals surface area contributed by atoms with Crippen molar-refractivity contribution in [2.45, 2.75) is 46.1 Å². The van der Waals surface area contributed by atoms with E-state index >= 15 is 0 Å². The maximum absolute atomic E-state index is 12.8. The summed E-state index contributed by atoms with van der Waals surface area (Å²) in [6.07, 6.45) is 8.31. The van der Waals surface area contributed by atoms with Gasteiger partial charge in [0.1, 0.15) is 0 Å². The first-order valence-corrected chi connectivity index (χ1v) is 8.15. The molecule has 1 aromatic rings. The zero-order valence-electron chi connectivity index (χ0n) is 13.5. The molecule has 2 fully saturated rings. The molecule has 0 spiro atoms. The van der Waals surface area contributed by atoms with E-state index in [9.17, 15) is 4.79 Å². The highest BCUT2D eigenvalue weighted by Crippen LogP contribution is 2.44. The Labute approximate surface area is 138 Å². The van der Waals surface area contributed by atoms with Gasteiger partial charge >= 0.3 is 0 Å². The lowest BCUT2D eigenvalue weighted by molar-refractivity contribution is -0.128. The van der Waals surface area contributed by atoms with Gasteiger partial charge in [0.15, 0.2) is 0 Å². The lowest BCUT2D eigenvalue weighted by atomic mass is 9.67. The Balaban J connectivity index is 0.00000176. The lowest BCUT2D eigenvalue weighted by Gasteiger charge is -2.36. The molecule has 0 radical (unpaired) electrons. The Morgan fingerprint density at radius 1 is 1.55 bits per heavy atom. The summed E-state index contributed by atoms with van der Waals surface area (Å²) in [6, 6.07) is 0. The number of anilines is 1. The van der Waals surface area contributed by atoms with Crippen molar-refractivity contribution in [1.82, 2.24) is 15.1 Å². The van der Waals surface area contributed by atoms with E-state index in [1.165, 1.54) is 12.8 Å². The van der Waals surface area contributed by atoms with E-state index in [2.05, 4.69) is 29.6 Å². The minimum absolute atomic E-state index is 0. The number of aromatic nitrogens is 2. The molecule has 2 atom stereocenters. The van der Waals surface area contributed by atoms with Crippen LogP contribution in [-0.2, 0) is 11.3 Å². The van der Waals surface area contributed by atoms with Crippen molar-refractivity contribution in [1.29, 1.82) is 0 Å². The molecule has 5 nitrogen and oxygen atoms in total. The van der Waals surface area contributed by atoms with Gasteiger partial charge in [-0.25, -0.2) is 0 Å². The zero-order chi connectivity index (χ0) is 14.9. The summed E-state index contributed by atoms with van der Waals surface area (Å²) in [7, 11) is 0. The number of fused-ring (bicyclic) bond motifs is 1. The smallest absolute Gasteiger partial charge is 0.232 e. The SMILES string of the molecule is CC(C)Cn1cc(NC(=O)[C@@]23CCCC[C@H]2CNC3)cn1.Cl. The van der Waals surface area contributed by atoms with Gasteiger partial charge in [0, 0.05) is 19.3 Å². The Kier molecular flexibility index (Phi) is 5.50. The first-order valence-electron chi connectivity index (χ1n) is 8.15. The molecule has 124 valence electrons. The van der Waals surface area contributed by atoms with E-state index in [1.807, 2.05) is 10.9 Å². The second kappa shape index (κ2) is 7.01. The summed E-state index contributed by atoms with van der Waals surface area (Å²) in [5, 5.41) is 10.9. The van der Waals surface area contributed by atoms with Gasteiger partial charge in [-0.15, -0.1) is 12.4 Å². The van der Waals surface area contributed by atoms with Crippen LogP contribution in [0.4, 0.5) is 5.69 Å². The number of halogens is 1. The van der Waals surface area contributed by atoms with Gasteiger partial charge in [-0.2, -0.15) is 5.10 Å². The van der Waals surface area contributed by atoms with E-state index in [0.717, 1.165) is 38.2 Å². The molecule has 1 saturated carbocycles. The van der Waals surface area contributed by atoms with Crippen LogP contribution in [0.25, 0.3) is 0 Å². The first kappa shape index (κ1) is 17.3.